The molecule has 2 aliphatic heterocycles. The maximum Gasteiger partial charge on any atom is 0.121 e. The molecule has 0 unspecified atom stereocenters. The van der Waals surface area contributed by atoms with E-state index in [0.717, 1.165) is 54.3 Å². The van der Waals surface area contributed by atoms with E-state index in [1.807, 2.05) is 146 Å². The lowest BCUT2D eigenvalue weighted by atomic mass is 9.92. The van der Waals surface area contributed by atoms with Gasteiger partial charge in [-0.1, -0.05) is 243 Å². The summed E-state index contributed by atoms with van der Waals surface area (Å²) in [4.78, 5) is 1.85. The minimum atomic E-state index is -0.647. The van der Waals surface area contributed by atoms with Crippen molar-refractivity contribution in [3.05, 3.63) is 309 Å². The first-order valence-corrected chi connectivity index (χ1v) is 29.6. The number of thiophene rings is 1. The van der Waals surface area contributed by atoms with Crippen LogP contribution in [0.25, 0.3) is 0 Å². The summed E-state index contributed by atoms with van der Waals surface area (Å²) < 4.78 is 71.0. The molecule has 10 atom stereocenters. The van der Waals surface area contributed by atoms with Crippen LogP contribution in [-0.4, -0.2) is 62.0 Å². The molecule has 0 N–H and O–H groups in total. The highest BCUT2D eigenvalue weighted by Crippen LogP contribution is 2.46. The lowest BCUT2D eigenvalue weighted by molar-refractivity contribution is -0.274. The van der Waals surface area contributed by atoms with Crippen LogP contribution in [0.4, 0.5) is 0 Å². The van der Waals surface area contributed by atoms with Gasteiger partial charge in [-0.05, 0) is 56.6 Å². The van der Waals surface area contributed by atoms with Crippen molar-refractivity contribution in [1.29, 1.82) is 0 Å². The Labute approximate surface area is 492 Å². The summed E-state index contributed by atoms with van der Waals surface area (Å²) in [6, 6.07) is 86.0. The molecule has 426 valence electrons. The minimum Gasteiger partial charge on any atom is -0.374 e. The topological polar surface area (TPSA) is 92.3 Å². The standard InChI is InChI=1S/C72H72O10S/c1-9-25-53(26-10-1)43-73-51-61-65(75-45-55-29-13-3-14-30-55)69(77-47-57-33-17-5-18-34-57)71(79-49-59-37-21-7-22-38-59)67(81-61)63-41-42-64(83-63)68-72(80-50-60-39-23-8-24-40-60)70(78-48-58-35-19-6-20-36-58)66(76-46-56-31-15-4-16-32-56)62(82-68)52-74-44-54-27-11-2-12-28-54/h1-42,61-62,65-72H,43-52H2/t61-,62-,65-,66-,67-,68-,69+,70+,71+,72+/m1/s1. The van der Waals surface area contributed by atoms with Gasteiger partial charge in [-0.3, -0.25) is 0 Å². The number of benzene rings is 8. The second-order valence-corrected chi connectivity index (χ2v) is 22.1. The van der Waals surface area contributed by atoms with Gasteiger partial charge in [0.25, 0.3) is 0 Å². The summed E-state index contributed by atoms with van der Waals surface area (Å²) >= 11 is 1.61. The average molecular weight is 1130 g/mol. The fourth-order valence-electron chi connectivity index (χ4n) is 10.7. The molecule has 0 saturated carbocycles. The highest BCUT2D eigenvalue weighted by molar-refractivity contribution is 7.12. The van der Waals surface area contributed by atoms with E-state index in [4.69, 9.17) is 47.4 Å². The summed E-state index contributed by atoms with van der Waals surface area (Å²) in [6.07, 6.45) is -6.15. The second kappa shape index (κ2) is 30.6. The molecule has 10 nitrogen and oxygen atoms in total. The monoisotopic (exact) mass is 1130 g/mol. The van der Waals surface area contributed by atoms with Crippen LogP contribution >= 0.6 is 11.3 Å². The van der Waals surface area contributed by atoms with Crippen LogP contribution in [0, 0.1) is 0 Å². The van der Waals surface area contributed by atoms with Gasteiger partial charge in [0.2, 0.25) is 0 Å². The Morgan fingerprint density at radius 3 is 0.711 bits per heavy atom. The second-order valence-electron chi connectivity index (χ2n) is 21.0. The molecule has 83 heavy (non-hydrogen) atoms. The van der Waals surface area contributed by atoms with Gasteiger partial charge >= 0.3 is 0 Å². The fraction of sp³-hybridized carbons (Fsp3) is 0.278. The molecule has 2 saturated heterocycles. The van der Waals surface area contributed by atoms with Crippen LogP contribution in [-0.2, 0) is 100 Å². The molecule has 0 bridgehead atoms. The van der Waals surface area contributed by atoms with Gasteiger partial charge in [0.1, 0.15) is 61.0 Å². The molecule has 9 aromatic rings. The molecule has 1 aromatic heterocycles. The molecule has 3 heterocycles. The van der Waals surface area contributed by atoms with Crippen LogP contribution in [0.1, 0.15) is 66.5 Å². The lowest BCUT2D eigenvalue weighted by Gasteiger charge is -2.46. The van der Waals surface area contributed by atoms with Crippen LogP contribution in [0.15, 0.2) is 255 Å². The average Bonchev–Trinajstić information content (AvgIpc) is 4.10. The summed E-state index contributed by atoms with van der Waals surface area (Å²) in [5.74, 6) is 0. The molecule has 0 radical (unpaired) electrons. The first kappa shape index (κ1) is 57.9. The molecule has 2 fully saturated rings. The van der Waals surface area contributed by atoms with Gasteiger partial charge in [-0.2, -0.15) is 0 Å². The number of ether oxygens (including phenoxy) is 10. The quantitative estimate of drug-likeness (QED) is 0.0472. The largest absolute Gasteiger partial charge is 0.374 e. The number of rotatable bonds is 28. The van der Waals surface area contributed by atoms with Crippen molar-refractivity contribution in [1.82, 2.24) is 0 Å². The zero-order chi connectivity index (χ0) is 56.1. The van der Waals surface area contributed by atoms with E-state index >= 15 is 0 Å². The molecule has 11 rings (SSSR count). The molecule has 0 amide bonds. The van der Waals surface area contributed by atoms with E-state index < -0.39 is 61.0 Å². The normalized spacial score (nSPS) is 22.5. The van der Waals surface area contributed by atoms with E-state index in [0.29, 0.717) is 52.9 Å². The highest BCUT2D eigenvalue weighted by Gasteiger charge is 2.52. The molecular weight excluding hydrogens is 1060 g/mol. The van der Waals surface area contributed by atoms with E-state index in [2.05, 4.69) is 109 Å². The molecule has 8 aromatic carbocycles. The summed E-state index contributed by atoms with van der Waals surface area (Å²) in [5, 5.41) is 0. The van der Waals surface area contributed by atoms with Crippen LogP contribution in [0.3, 0.4) is 0 Å². The maximum absolute atomic E-state index is 7.46. The fourth-order valence-corrected chi connectivity index (χ4v) is 11.9. The van der Waals surface area contributed by atoms with Gasteiger partial charge in [0.05, 0.1) is 66.1 Å². The molecule has 2 aliphatic rings. The van der Waals surface area contributed by atoms with Gasteiger partial charge < -0.3 is 47.4 Å². The third kappa shape index (κ3) is 16.5. The molecular formula is C72H72O10S. The molecule has 0 aliphatic carbocycles. The zero-order valence-corrected chi connectivity index (χ0v) is 47.4. The van der Waals surface area contributed by atoms with E-state index in [1.165, 1.54) is 0 Å². The first-order valence-electron chi connectivity index (χ1n) is 28.7. The van der Waals surface area contributed by atoms with Crippen LogP contribution in [0.2, 0.25) is 0 Å². The van der Waals surface area contributed by atoms with Crippen molar-refractivity contribution in [3.8, 4) is 0 Å². The predicted molar refractivity (Wildman–Crippen MR) is 322 cm³/mol. The third-order valence-corrected chi connectivity index (χ3v) is 16.2. The smallest absolute Gasteiger partial charge is 0.121 e. The van der Waals surface area contributed by atoms with Gasteiger partial charge in [0.15, 0.2) is 0 Å². The Bertz CT molecular complexity index is 3000. The zero-order valence-electron chi connectivity index (χ0n) is 46.6. The Balaban J connectivity index is 0.979. The predicted octanol–water partition coefficient (Wildman–Crippen LogP) is 14.6. The highest BCUT2D eigenvalue weighted by atomic mass is 32.1. The Morgan fingerprint density at radius 1 is 0.241 bits per heavy atom. The van der Waals surface area contributed by atoms with E-state index in [1.54, 1.807) is 11.3 Å². The Kier molecular flexibility index (Phi) is 21.3. The summed E-state index contributed by atoms with van der Waals surface area (Å²) in [5.41, 5.74) is 8.29. The lowest BCUT2D eigenvalue weighted by Crippen LogP contribution is -2.58. The number of hydrogen-bond donors (Lipinski definition) is 0. The summed E-state index contributed by atoms with van der Waals surface area (Å²) in [6.45, 7) is 3.19. The molecule has 0 spiro atoms. The minimum absolute atomic E-state index is 0.232. The van der Waals surface area contributed by atoms with Crippen molar-refractivity contribution < 1.29 is 47.4 Å². The SMILES string of the molecule is c1ccc(COC[C@H]2O[C@H](c3ccc([C@H]4O[C@H](COCc5ccccc5)[C@@H](OCc5ccccc5)[C@H](OCc5ccccc5)[C@H]4OCc4ccccc4)s3)[C@H](OCc3ccccc3)[C@@H](OCc3ccccc3)[C@@H]2OCc2ccccc2)cc1. The first-order chi connectivity index (χ1) is 41.2. The van der Waals surface area contributed by atoms with E-state index in [-0.39, 0.29) is 13.2 Å². The van der Waals surface area contributed by atoms with Crippen molar-refractivity contribution in [2.24, 2.45) is 0 Å². The van der Waals surface area contributed by atoms with Crippen LogP contribution < -0.4 is 0 Å². The van der Waals surface area contributed by atoms with Crippen molar-refractivity contribution in [3.63, 3.8) is 0 Å². The van der Waals surface area contributed by atoms with Crippen molar-refractivity contribution in [2.45, 2.75) is 114 Å². The van der Waals surface area contributed by atoms with Gasteiger partial charge in [0, 0.05) is 9.75 Å². The van der Waals surface area contributed by atoms with Crippen molar-refractivity contribution >= 4 is 11.3 Å². The van der Waals surface area contributed by atoms with Gasteiger partial charge in [-0.25, -0.2) is 0 Å². The Morgan fingerprint density at radius 2 is 0.458 bits per heavy atom. The summed E-state index contributed by atoms with van der Waals surface area (Å²) in [7, 11) is 0. The third-order valence-electron chi connectivity index (χ3n) is 15.0. The van der Waals surface area contributed by atoms with Crippen LogP contribution in [0.5, 0.6) is 0 Å². The van der Waals surface area contributed by atoms with Gasteiger partial charge in [-0.15, -0.1) is 11.3 Å². The molecule has 11 heteroatoms. The number of hydrogen-bond acceptors (Lipinski definition) is 11. The Hall–Kier alpha value is -6.94. The maximum atomic E-state index is 7.46. The van der Waals surface area contributed by atoms with Crippen molar-refractivity contribution in [2.75, 3.05) is 13.2 Å². The van der Waals surface area contributed by atoms with E-state index in [9.17, 15) is 0 Å².